The van der Waals surface area contributed by atoms with Crippen molar-refractivity contribution < 1.29 is 4.74 Å². The van der Waals surface area contributed by atoms with Crippen LogP contribution < -0.4 is 5.32 Å². The first-order valence-corrected chi connectivity index (χ1v) is 6.41. The molecular formula is C12H27N3O. The van der Waals surface area contributed by atoms with E-state index in [0.29, 0.717) is 6.10 Å². The van der Waals surface area contributed by atoms with E-state index in [1.165, 1.54) is 6.42 Å². The lowest BCUT2D eigenvalue weighted by molar-refractivity contribution is -0.0251. The van der Waals surface area contributed by atoms with E-state index in [9.17, 15) is 0 Å². The molecule has 1 heterocycles. The molecule has 1 aliphatic rings. The summed E-state index contributed by atoms with van der Waals surface area (Å²) in [6, 6.07) is 0. The van der Waals surface area contributed by atoms with Crippen LogP contribution in [0.3, 0.4) is 0 Å². The third kappa shape index (κ3) is 5.80. The molecule has 1 aliphatic heterocycles. The first kappa shape index (κ1) is 13.9. The Morgan fingerprint density at radius 1 is 1.44 bits per heavy atom. The molecular weight excluding hydrogens is 202 g/mol. The van der Waals surface area contributed by atoms with Gasteiger partial charge in [-0.3, -0.25) is 4.90 Å². The highest BCUT2D eigenvalue weighted by molar-refractivity contribution is 4.72. The Labute approximate surface area is 99.9 Å². The number of morpholine rings is 1. The minimum atomic E-state index is 0.382. The van der Waals surface area contributed by atoms with E-state index in [-0.39, 0.29) is 0 Å². The molecule has 0 aromatic heterocycles. The van der Waals surface area contributed by atoms with Gasteiger partial charge in [-0.15, -0.1) is 0 Å². The van der Waals surface area contributed by atoms with E-state index in [0.717, 1.165) is 45.9 Å². The van der Waals surface area contributed by atoms with Crippen LogP contribution in [0.2, 0.25) is 0 Å². The zero-order valence-corrected chi connectivity index (χ0v) is 11.0. The van der Waals surface area contributed by atoms with Crippen LogP contribution in [0, 0.1) is 0 Å². The van der Waals surface area contributed by atoms with Crippen molar-refractivity contribution in [2.45, 2.75) is 19.4 Å². The Bertz CT molecular complexity index is 176. The van der Waals surface area contributed by atoms with Gasteiger partial charge in [0.05, 0.1) is 12.7 Å². The van der Waals surface area contributed by atoms with Crippen molar-refractivity contribution in [3.05, 3.63) is 0 Å². The summed E-state index contributed by atoms with van der Waals surface area (Å²) in [4.78, 5) is 4.67. The predicted octanol–water partition coefficient (Wildman–Crippen LogP) is 0.248. The van der Waals surface area contributed by atoms with Crippen LogP contribution in [-0.2, 0) is 4.74 Å². The van der Waals surface area contributed by atoms with Crippen LogP contribution in [0.5, 0.6) is 0 Å². The Morgan fingerprint density at radius 3 is 2.94 bits per heavy atom. The van der Waals surface area contributed by atoms with E-state index >= 15 is 0 Å². The number of ether oxygens (including phenoxy) is 1. The smallest absolute Gasteiger partial charge is 0.0826 e. The largest absolute Gasteiger partial charge is 0.374 e. The van der Waals surface area contributed by atoms with Crippen LogP contribution >= 0.6 is 0 Å². The maximum absolute atomic E-state index is 5.72. The first-order chi connectivity index (χ1) is 7.72. The average Bonchev–Trinajstić information content (AvgIpc) is 2.28. The Kier molecular flexibility index (Phi) is 6.96. The number of rotatable bonds is 7. The highest BCUT2D eigenvalue weighted by Crippen LogP contribution is 2.03. The summed E-state index contributed by atoms with van der Waals surface area (Å²) in [6.45, 7) is 9.64. The van der Waals surface area contributed by atoms with Gasteiger partial charge in [-0.25, -0.2) is 0 Å². The molecule has 96 valence electrons. The van der Waals surface area contributed by atoms with Gasteiger partial charge in [0.25, 0.3) is 0 Å². The third-order valence-electron chi connectivity index (χ3n) is 3.00. The van der Waals surface area contributed by atoms with Crippen LogP contribution in [0.4, 0.5) is 0 Å². The molecule has 16 heavy (non-hydrogen) atoms. The fraction of sp³-hybridized carbons (Fsp3) is 1.00. The summed E-state index contributed by atoms with van der Waals surface area (Å²) in [5.74, 6) is 0. The number of likely N-dealkylation sites (N-methyl/N-ethyl adjacent to an activating group) is 1. The number of hydrogen-bond acceptors (Lipinski definition) is 4. The Morgan fingerprint density at radius 2 is 2.25 bits per heavy atom. The van der Waals surface area contributed by atoms with Gasteiger partial charge in [-0.05, 0) is 40.2 Å². The zero-order valence-electron chi connectivity index (χ0n) is 11.0. The summed E-state index contributed by atoms with van der Waals surface area (Å²) >= 11 is 0. The lowest BCUT2D eigenvalue weighted by Gasteiger charge is -2.32. The second kappa shape index (κ2) is 8.01. The van der Waals surface area contributed by atoms with Crippen molar-refractivity contribution in [2.75, 3.05) is 60.0 Å². The molecule has 0 aromatic rings. The van der Waals surface area contributed by atoms with Crippen LogP contribution in [0.1, 0.15) is 13.3 Å². The quantitative estimate of drug-likeness (QED) is 0.633. The summed E-state index contributed by atoms with van der Waals surface area (Å²) in [7, 11) is 4.23. The highest BCUT2D eigenvalue weighted by atomic mass is 16.5. The molecule has 0 amide bonds. The van der Waals surface area contributed by atoms with Gasteiger partial charge in [0, 0.05) is 19.6 Å². The standard InChI is InChI=1S/C12H27N3O/c1-4-15-8-9-16-12(11-15)10-13-6-5-7-14(2)3/h12-13H,4-11H2,1-3H3. The van der Waals surface area contributed by atoms with E-state index in [4.69, 9.17) is 4.74 Å². The monoisotopic (exact) mass is 229 g/mol. The highest BCUT2D eigenvalue weighted by Gasteiger charge is 2.18. The van der Waals surface area contributed by atoms with Crippen molar-refractivity contribution in [3.8, 4) is 0 Å². The van der Waals surface area contributed by atoms with Gasteiger partial charge >= 0.3 is 0 Å². The molecule has 0 saturated carbocycles. The molecule has 4 heteroatoms. The molecule has 4 nitrogen and oxygen atoms in total. The molecule has 0 radical (unpaired) electrons. The van der Waals surface area contributed by atoms with Crippen molar-refractivity contribution in [3.63, 3.8) is 0 Å². The maximum atomic E-state index is 5.72. The zero-order chi connectivity index (χ0) is 11.8. The molecule has 1 fully saturated rings. The van der Waals surface area contributed by atoms with Crippen LogP contribution in [0.15, 0.2) is 0 Å². The van der Waals surface area contributed by atoms with E-state index < -0.39 is 0 Å². The first-order valence-electron chi connectivity index (χ1n) is 6.41. The van der Waals surface area contributed by atoms with E-state index in [2.05, 4.69) is 36.1 Å². The van der Waals surface area contributed by atoms with E-state index in [1.807, 2.05) is 0 Å². The SMILES string of the molecule is CCN1CCOC(CNCCCN(C)C)C1. The molecule has 0 aliphatic carbocycles. The van der Waals surface area contributed by atoms with Crippen molar-refractivity contribution >= 4 is 0 Å². The van der Waals surface area contributed by atoms with Gasteiger partial charge in [-0.1, -0.05) is 6.92 Å². The minimum absolute atomic E-state index is 0.382. The molecule has 1 unspecified atom stereocenters. The van der Waals surface area contributed by atoms with Crippen molar-refractivity contribution in [2.24, 2.45) is 0 Å². The fourth-order valence-electron chi connectivity index (χ4n) is 1.97. The third-order valence-corrected chi connectivity index (χ3v) is 3.00. The van der Waals surface area contributed by atoms with Gasteiger partial charge in [-0.2, -0.15) is 0 Å². The second-order valence-corrected chi connectivity index (χ2v) is 4.75. The van der Waals surface area contributed by atoms with Crippen molar-refractivity contribution in [1.29, 1.82) is 0 Å². The topological polar surface area (TPSA) is 27.7 Å². The summed E-state index contributed by atoms with van der Waals surface area (Å²) < 4.78 is 5.72. The lowest BCUT2D eigenvalue weighted by Crippen LogP contribution is -2.46. The number of nitrogens with one attached hydrogen (secondary N) is 1. The van der Waals surface area contributed by atoms with Gasteiger partial charge in [0.2, 0.25) is 0 Å². The predicted molar refractivity (Wildman–Crippen MR) is 67.9 cm³/mol. The molecule has 1 N–H and O–H groups in total. The van der Waals surface area contributed by atoms with Crippen LogP contribution in [0.25, 0.3) is 0 Å². The fourth-order valence-corrected chi connectivity index (χ4v) is 1.97. The molecule has 0 bridgehead atoms. The summed E-state index contributed by atoms with van der Waals surface area (Å²) in [5, 5.41) is 3.48. The normalized spacial score (nSPS) is 22.9. The number of nitrogens with zero attached hydrogens (tertiary/aromatic N) is 2. The summed E-state index contributed by atoms with van der Waals surface area (Å²) in [5.41, 5.74) is 0. The molecule has 1 rings (SSSR count). The van der Waals surface area contributed by atoms with Crippen molar-refractivity contribution in [1.82, 2.24) is 15.1 Å². The molecule has 1 atom stereocenters. The molecule has 1 saturated heterocycles. The van der Waals surface area contributed by atoms with E-state index in [1.54, 1.807) is 0 Å². The van der Waals surface area contributed by atoms with Crippen LogP contribution in [-0.4, -0.2) is 75.9 Å². The lowest BCUT2D eigenvalue weighted by atomic mass is 10.2. The Balaban J connectivity index is 1.99. The minimum Gasteiger partial charge on any atom is -0.374 e. The maximum Gasteiger partial charge on any atom is 0.0826 e. The average molecular weight is 229 g/mol. The number of hydrogen-bond donors (Lipinski definition) is 1. The molecule has 0 aromatic carbocycles. The van der Waals surface area contributed by atoms with Gasteiger partial charge < -0.3 is 15.0 Å². The Hall–Kier alpha value is -0.160. The second-order valence-electron chi connectivity index (χ2n) is 4.75. The molecule has 0 spiro atoms. The van der Waals surface area contributed by atoms with Gasteiger partial charge in [0.1, 0.15) is 0 Å². The van der Waals surface area contributed by atoms with Gasteiger partial charge in [0.15, 0.2) is 0 Å². The summed E-state index contributed by atoms with van der Waals surface area (Å²) in [6.07, 6.45) is 1.59.